The molecule has 4 aromatic carbocycles. The van der Waals surface area contributed by atoms with E-state index in [4.69, 9.17) is 49.2 Å². The van der Waals surface area contributed by atoms with Crippen molar-refractivity contribution in [3.05, 3.63) is 166 Å². The van der Waals surface area contributed by atoms with Crippen molar-refractivity contribution in [2.45, 2.75) is 38.5 Å². The molecule has 3 amide bonds. The van der Waals surface area contributed by atoms with Crippen molar-refractivity contribution in [2.75, 3.05) is 63.9 Å². The highest BCUT2D eigenvalue weighted by Crippen LogP contribution is 2.32. The zero-order chi connectivity index (χ0) is 51.8. The standard InChI is InChI=1S/C28H29ClN4O3.C23H20ClN3O4.C5H11N/c29-24-18-23(21-6-8-22(9-7-21)28(35)33-15-2-1-3-16-33)10-11-25(24)36-17-14-31-27(34)13-5-20-4-12-26(30)32-19-20;24-19-13-18(16-3-5-17(6-4-16)23(29)30)7-8-20(19)31-12-11-26-22(28)10-2-15-1-9-21(25)27-14-15;1-2-4-6-5-3-1/h4-13,18-19H,1-3,14-17H2,(H2,30,32)(H,31,34);1-10,13-14H,11-12H2,(H2,25,27)(H,26,28)(H,29,30);6H,1-5H2/b13-5+;10-2+;. The Kier molecular flexibility index (Phi) is 21.7. The maximum absolute atomic E-state index is 12.7. The lowest BCUT2D eigenvalue weighted by atomic mass is 10.0. The van der Waals surface area contributed by atoms with E-state index in [2.05, 4.69) is 25.9 Å². The van der Waals surface area contributed by atoms with Gasteiger partial charge in [-0.2, -0.15) is 0 Å². The van der Waals surface area contributed by atoms with Gasteiger partial charge in [-0.25, -0.2) is 14.8 Å². The fourth-order valence-corrected chi connectivity index (χ4v) is 7.92. The number of nitrogen functional groups attached to an aromatic ring is 2. The minimum Gasteiger partial charge on any atom is -0.490 e. The van der Waals surface area contributed by atoms with Crippen LogP contribution in [0.3, 0.4) is 0 Å². The van der Waals surface area contributed by atoms with Gasteiger partial charge in [0.1, 0.15) is 36.3 Å². The molecule has 0 unspecified atom stereocenters. The van der Waals surface area contributed by atoms with Crippen molar-refractivity contribution in [1.82, 2.24) is 30.8 Å². The maximum Gasteiger partial charge on any atom is 0.335 e. The van der Waals surface area contributed by atoms with Crippen LogP contribution in [0.4, 0.5) is 11.6 Å². The zero-order valence-electron chi connectivity index (χ0n) is 40.4. The third kappa shape index (κ3) is 18.4. The molecule has 0 saturated carbocycles. The lowest BCUT2D eigenvalue weighted by Crippen LogP contribution is -2.35. The number of ether oxygens (including phenoxy) is 2. The number of hydrogen-bond acceptors (Lipinski definition) is 11. The molecule has 15 nitrogen and oxygen atoms in total. The van der Waals surface area contributed by atoms with Crippen LogP contribution in [0, 0.1) is 0 Å². The lowest BCUT2D eigenvalue weighted by Gasteiger charge is -2.26. The Bertz CT molecular complexity index is 2790. The van der Waals surface area contributed by atoms with E-state index >= 15 is 0 Å². The van der Waals surface area contributed by atoms with Crippen molar-refractivity contribution in [1.29, 1.82) is 0 Å². The van der Waals surface area contributed by atoms with Gasteiger partial charge >= 0.3 is 5.97 Å². The summed E-state index contributed by atoms with van der Waals surface area (Å²) in [6.07, 6.45) is 16.9. The third-order valence-electron chi connectivity index (χ3n) is 11.4. The number of carbonyl (C=O) groups excluding carboxylic acids is 3. The fraction of sp³-hybridized carbons (Fsp3) is 0.250. The first-order valence-electron chi connectivity index (χ1n) is 24.1. The molecule has 2 aliphatic heterocycles. The molecule has 2 aromatic heterocycles. The summed E-state index contributed by atoms with van der Waals surface area (Å²) in [5.74, 6) is 0.497. The van der Waals surface area contributed by atoms with Gasteiger partial charge in [0.25, 0.3) is 5.91 Å². The number of benzene rings is 4. The van der Waals surface area contributed by atoms with E-state index in [1.807, 2.05) is 47.4 Å². The van der Waals surface area contributed by atoms with E-state index in [1.54, 1.807) is 79.1 Å². The van der Waals surface area contributed by atoms with Gasteiger partial charge < -0.3 is 46.9 Å². The first kappa shape index (κ1) is 54.6. The van der Waals surface area contributed by atoms with E-state index in [0.29, 0.717) is 51.8 Å². The Balaban J connectivity index is 0.000000215. The molecule has 0 bridgehead atoms. The molecule has 8 N–H and O–H groups in total. The van der Waals surface area contributed by atoms with Crippen LogP contribution >= 0.6 is 23.2 Å². The summed E-state index contributed by atoms with van der Waals surface area (Å²) >= 11 is 12.7. The van der Waals surface area contributed by atoms with Crippen LogP contribution in [0.1, 0.15) is 70.4 Å². The molecule has 2 saturated heterocycles. The number of piperidine rings is 2. The van der Waals surface area contributed by atoms with E-state index in [0.717, 1.165) is 59.3 Å². The topological polar surface area (TPSA) is 224 Å². The molecule has 2 aliphatic rings. The van der Waals surface area contributed by atoms with Gasteiger partial charge in [0.15, 0.2) is 0 Å². The number of aromatic nitrogens is 2. The highest BCUT2D eigenvalue weighted by molar-refractivity contribution is 6.32. The van der Waals surface area contributed by atoms with Crippen molar-refractivity contribution in [2.24, 2.45) is 0 Å². The van der Waals surface area contributed by atoms with Crippen LogP contribution in [-0.4, -0.2) is 96.1 Å². The third-order valence-corrected chi connectivity index (χ3v) is 12.0. The van der Waals surface area contributed by atoms with Crippen molar-refractivity contribution in [3.63, 3.8) is 0 Å². The molecule has 2 fully saturated rings. The molecule has 0 atom stereocenters. The summed E-state index contributed by atoms with van der Waals surface area (Å²) in [6, 6.07) is 31.9. The number of nitrogens with two attached hydrogens (primary N) is 2. The van der Waals surface area contributed by atoms with E-state index in [1.165, 1.54) is 63.1 Å². The number of nitrogens with zero attached hydrogens (tertiary/aromatic N) is 3. The van der Waals surface area contributed by atoms with Crippen LogP contribution in [0.2, 0.25) is 10.0 Å². The highest BCUT2D eigenvalue weighted by Gasteiger charge is 2.18. The van der Waals surface area contributed by atoms with E-state index in [9.17, 15) is 19.2 Å². The average molecular weight is 1030 g/mol. The lowest BCUT2D eigenvalue weighted by molar-refractivity contribution is -0.117. The van der Waals surface area contributed by atoms with E-state index < -0.39 is 5.97 Å². The minimum atomic E-state index is -0.974. The number of carboxylic acids is 1. The van der Waals surface area contributed by atoms with Crippen molar-refractivity contribution >= 4 is 70.7 Å². The number of halogens is 2. The van der Waals surface area contributed by atoms with Crippen molar-refractivity contribution in [3.8, 4) is 33.8 Å². The van der Waals surface area contributed by atoms with E-state index in [-0.39, 0.29) is 36.5 Å². The van der Waals surface area contributed by atoms with Crippen LogP contribution in [0.5, 0.6) is 11.5 Å². The summed E-state index contributed by atoms with van der Waals surface area (Å²) < 4.78 is 11.4. The van der Waals surface area contributed by atoms with Gasteiger partial charge in [0.2, 0.25) is 11.8 Å². The summed E-state index contributed by atoms with van der Waals surface area (Å²) in [4.78, 5) is 57.3. The summed E-state index contributed by atoms with van der Waals surface area (Å²) in [6.45, 7) is 5.31. The SMILES string of the molecule is C1CCNCC1.Nc1ccc(/C=C/C(=O)NCCOc2ccc(-c3ccc(C(=O)N4CCCCC4)cc3)cc2Cl)cn1.Nc1ccc(/C=C/C(=O)NCCOc2ccc(-c3ccc(C(=O)O)cc3)cc2Cl)cn1. The Morgan fingerprint density at radius 2 is 1.03 bits per heavy atom. The maximum atomic E-state index is 12.7. The molecule has 73 heavy (non-hydrogen) atoms. The zero-order valence-corrected chi connectivity index (χ0v) is 41.9. The molecule has 17 heteroatoms. The largest absolute Gasteiger partial charge is 0.490 e. The second kappa shape index (κ2) is 29.0. The Morgan fingerprint density at radius 1 is 0.589 bits per heavy atom. The Morgan fingerprint density at radius 3 is 1.41 bits per heavy atom. The molecule has 4 heterocycles. The number of rotatable bonds is 16. The average Bonchev–Trinajstić information content (AvgIpc) is 3.42. The second-order valence-corrected chi connectivity index (χ2v) is 17.7. The van der Waals surface area contributed by atoms with Gasteiger partial charge in [0.05, 0.1) is 28.7 Å². The number of nitrogens with one attached hydrogen (secondary N) is 3. The van der Waals surface area contributed by atoms with Crippen LogP contribution in [0.15, 0.2) is 134 Å². The molecular weight excluding hydrogens is 968 g/mol. The number of likely N-dealkylation sites (tertiary alicyclic amines) is 1. The first-order chi connectivity index (χ1) is 35.4. The number of aromatic carboxylic acids is 1. The molecule has 0 radical (unpaired) electrons. The predicted octanol–water partition coefficient (Wildman–Crippen LogP) is 9.47. The van der Waals surface area contributed by atoms with Gasteiger partial charge in [0, 0.05) is 43.2 Å². The Hall–Kier alpha value is -7.72. The number of pyridine rings is 2. The molecule has 8 rings (SSSR count). The molecule has 380 valence electrons. The van der Waals surface area contributed by atoms with Gasteiger partial charge in [-0.3, -0.25) is 14.4 Å². The number of hydrogen-bond donors (Lipinski definition) is 6. The van der Waals surface area contributed by atoms with Crippen LogP contribution in [-0.2, 0) is 9.59 Å². The molecule has 0 aliphatic carbocycles. The van der Waals surface area contributed by atoms with Gasteiger partial charge in [-0.05, 0) is 164 Å². The minimum absolute atomic E-state index is 0.0906. The van der Waals surface area contributed by atoms with Gasteiger partial charge in [-0.1, -0.05) is 66.0 Å². The molecule has 6 aromatic rings. The van der Waals surface area contributed by atoms with Gasteiger partial charge in [-0.15, -0.1) is 0 Å². The first-order valence-corrected chi connectivity index (χ1v) is 24.8. The summed E-state index contributed by atoms with van der Waals surface area (Å²) in [5, 5.41) is 18.6. The van der Waals surface area contributed by atoms with Crippen LogP contribution < -0.4 is 36.9 Å². The summed E-state index contributed by atoms with van der Waals surface area (Å²) in [7, 11) is 0. The number of carbonyl (C=O) groups is 4. The summed E-state index contributed by atoms with van der Waals surface area (Å²) in [5.41, 5.74) is 17.1. The predicted molar refractivity (Wildman–Crippen MR) is 290 cm³/mol. The smallest absolute Gasteiger partial charge is 0.335 e. The van der Waals surface area contributed by atoms with Crippen LogP contribution in [0.25, 0.3) is 34.4 Å². The highest BCUT2D eigenvalue weighted by atomic mass is 35.5. The van der Waals surface area contributed by atoms with Crippen molar-refractivity contribution < 1.29 is 33.8 Å². The monoisotopic (exact) mass is 1030 g/mol. The second-order valence-electron chi connectivity index (χ2n) is 16.9. The quantitative estimate of drug-likeness (QED) is 0.0394. The molecular formula is C56H60Cl2N8O7. The number of amides is 3. The fourth-order valence-electron chi connectivity index (χ4n) is 7.45. The number of carboxylic acid groups (broad SMARTS) is 1. The number of anilines is 2. The Labute approximate surface area is 435 Å². The normalized spacial score (nSPS) is 13.2. The molecule has 0 spiro atoms.